The summed E-state index contributed by atoms with van der Waals surface area (Å²) in [6, 6.07) is 4.03. The molecular formula is C10H11ClN2S2. The van der Waals surface area contributed by atoms with Gasteiger partial charge in [-0.1, -0.05) is 11.6 Å². The minimum atomic E-state index is 0.868. The molecule has 0 spiro atoms. The summed E-state index contributed by atoms with van der Waals surface area (Å²) in [5, 5.41) is 3.38. The number of hydrogen-bond donors (Lipinski definition) is 1. The van der Waals surface area contributed by atoms with E-state index in [1.165, 1.54) is 9.75 Å². The molecule has 0 atom stereocenters. The van der Waals surface area contributed by atoms with Crippen LogP contribution in [0.15, 0.2) is 23.8 Å². The Labute approximate surface area is 102 Å². The van der Waals surface area contributed by atoms with E-state index in [2.05, 4.69) is 16.4 Å². The van der Waals surface area contributed by atoms with Gasteiger partial charge < -0.3 is 5.32 Å². The average Bonchev–Trinajstić information content (AvgIpc) is 2.84. The molecule has 0 amide bonds. The van der Waals surface area contributed by atoms with Gasteiger partial charge in [0.15, 0.2) is 0 Å². The zero-order valence-corrected chi connectivity index (χ0v) is 10.5. The fraction of sp³-hybridized carbons (Fsp3) is 0.300. The Bertz CT molecular complexity index is 397. The van der Waals surface area contributed by atoms with E-state index in [9.17, 15) is 0 Å². The van der Waals surface area contributed by atoms with E-state index in [0.29, 0.717) is 0 Å². The number of halogens is 1. The maximum atomic E-state index is 5.85. The van der Waals surface area contributed by atoms with Crippen LogP contribution >= 0.6 is 34.3 Å². The zero-order valence-electron chi connectivity index (χ0n) is 8.07. The highest BCUT2D eigenvalue weighted by Gasteiger charge is 1.98. The Kier molecular flexibility index (Phi) is 4.14. The number of hydrogen-bond acceptors (Lipinski definition) is 4. The minimum Gasteiger partial charge on any atom is -0.311 e. The molecule has 15 heavy (non-hydrogen) atoms. The van der Waals surface area contributed by atoms with Gasteiger partial charge in [0.2, 0.25) is 0 Å². The molecule has 1 N–H and O–H groups in total. The normalized spacial score (nSPS) is 10.7. The van der Waals surface area contributed by atoms with Crippen molar-refractivity contribution in [3.8, 4) is 0 Å². The second-order valence-electron chi connectivity index (χ2n) is 3.10. The lowest BCUT2D eigenvalue weighted by atomic mass is 10.3. The van der Waals surface area contributed by atoms with Crippen molar-refractivity contribution < 1.29 is 0 Å². The monoisotopic (exact) mass is 258 g/mol. The highest BCUT2D eigenvalue weighted by molar-refractivity contribution is 7.16. The van der Waals surface area contributed by atoms with Crippen LogP contribution in [0.2, 0.25) is 4.34 Å². The molecule has 80 valence electrons. The van der Waals surface area contributed by atoms with Gasteiger partial charge in [0.1, 0.15) is 0 Å². The van der Waals surface area contributed by atoms with Crippen molar-refractivity contribution >= 4 is 34.3 Å². The first-order valence-corrected chi connectivity index (χ1v) is 6.74. The molecule has 2 heterocycles. The van der Waals surface area contributed by atoms with E-state index >= 15 is 0 Å². The molecule has 0 aliphatic carbocycles. The third kappa shape index (κ3) is 3.57. The smallest absolute Gasteiger partial charge is 0.0931 e. The van der Waals surface area contributed by atoms with E-state index in [0.717, 1.165) is 23.8 Å². The SMILES string of the molecule is Clc1ccc(CCNCc2cncs2)s1. The predicted molar refractivity (Wildman–Crippen MR) is 66.9 cm³/mol. The summed E-state index contributed by atoms with van der Waals surface area (Å²) in [7, 11) is 0. The summed E-state index contributed by atoms with van der Waals surface area (Å²) >= 11 is 9.18. The maximum Gasteiger partial charge on any atom is 0.0931 e. The third-order valence-corrected chi connectivity index (χ3v) is 4.03. The number of thiazole rings is 1. The lowest BCUT2D eigenvalue weighted by Crippen LogP contribution is -2.15. The van der Waals surface area contributed by atoms with Gasteiger partial charge in [-0.05, 0) is 18.6 Å². The van der Waals surface area contributed by atoms with Crippen LogP contribution in [0, 0.1) is 0 Å². The first-order chi connectivity index (χ1) is 7.34. The fourth-order valence-electron chi connectivity index (χ4n) is 1.24. The molecule has 0 saturated carbocycles. The first-order valence-electron chi connectivity index (χ1n) is 4.67. The number of nitrogens with one attached hydrogen (secondary N) is 1. The number of thiophene rings is 1. The van der Waals surface area contributed by atoms with Crippen LogP contribution in [0.25, 0.3) is 0 Å². The predicted octanol–water partition coefficient (Wildman–Crippen LogP) is 3.19. The molecule has 2 rings (SSSR count). The molecule has 0 aromatic carbocycles. The summed E-state index contributed by atoms with van der Waals surface area (Å²) in [4.78, 5) is 6.63. The fourth-order valence-corrected chi connectivity index (χ4v) is 2.89. The van der Waals surface area contributed by atoms with Crippen LogP contribution in [-0.4, -0.2) is 11.5 Å². The van der Waals surface area contributed by atoms with Gasteiger partial charge in [-0.3, -0.25) is 4.98 Å². The molecule has 2 aromatic rings. The minimum absolute atomic E-state index is 0.868. The van der Waals surface area contributed by atoms with Gasteiger partial charge in [0.05, 0.1) is 9.85 Å². The van der Waals surface area contributed by atoms with Crippen LogP contribution < -0.4 is 5.32 Å². The Hall–Kier alpha value is -0.420. The second kappa shape index (κ2) is 5.61. The summed E-state index contributed by atoms with van der Waals surface area (Å²) in [5.74, 6) is 0. The molecule has 0 radical (unpaired) electrons. The molecule has 5 heteroatoms. The standard InChI is InChI=1S/C10H11ClN2S2/c11-10-2-1-8(15-10)3-4-12-5-9-6-13-7-14-9/h1-2,6-7,12H,3-5H2. The first kappa shape index (κ1) is 11.1. The van der Waals surface area contributed by atoms with E-state index < -0.39 is 0 Å². The van der Waals surface area contributed by atoms with Crippen molar-refractivity contribution in [1.29, 1.82) is 0 Å². The largest absolute Gasteiger partial charge is 0.311 e. The van der Waals surface area contributed by atoms with Crippen LogP contribution in [0.4, 0.5) is 0 Å². The highest BCUT2D eigenvalue weighted by atomic mass is 35.5. The number of nitrogens with zero attached hydrogens (tertiary/aromatic N) is 1. The van der Waals surface area contributed by atoms with Crippen molar-refractivity contribution in [1.82, 2.24) is 10.3 Å². The van der Waals surface area contributed by atoms with Crippen LogP contribution in [0.1, 0.15) is 9.75 Å². The summed E-state index contributed by atoms with van der Waals surface area (Å²) in [5.41, 5.74) is 1.86. The lowest BCUT2D eigenvalue weighted by molar-refractivity contribution is 0.696. The van der Waals surface area contributed by atoms with Gasteiger partial charge >= 0.3 is 0 Å². The van der Waals surface area contributed by atoms with Crippen LogP contribution in [0.5, 0.6) is 0 Å². The van der Waals surface area contributed by atoms with E-state index in [4.69, 9.17) is 11.6 Å². The zero-order chi connectivity index (χ0) is 10.5. The third-order valence-electron chi connectivity index (χ3n) is 1.96. The van der Waals surface area contributed by atoms with E-state index in [1.54, 1.807) is 22.7 Å². The molecule has 0 saturated heterocycles. The van der Waals surface area contributed by atoms with Crippen LogP contribution in [0.3, 0.4) is 0 Å². The molecule has 0 bridgehead atoms. The van der Waals surface area contributed by atoms with Gasteiger partial charge in [0, 0.05) is 29.0 Å². The Morgan fingerprint density at radius 1 is 1.33 bits per heavy atom. The van der Waals surface area contributed by atoms with Gasteiger partial charge in [-0.25, -0.2) is 0 Å². The molecule has 0 aliphatic rings. The Balaban J connectivity index is 1.67. The van der Waals surface area contributed by atoms with Gasteiger partial charge in [0.25, 0.3) is 0 Å². The summed E-state index contributed by atoms with van der Waals surface area (Å²) in [6.07, 6.45) is 2.94. The molecule has 2 aromatic heterocycles. The highest BCUT2D eigenvalue weighted by Crippen LogP contribution is 2.21. The molecule has 0 unspecified atom stereocenters. The summed E-state index contributed by atoms with van der Waals surface area (Å²) < 4.78 is 0.868. The molecule has 0 fully saturated rings. The van der Waals surface area contributed by atoms with Gasteiger partial charge in [-0.2, -0.15) is 0 Å². The van der Waals surface area contributed by atoms with Crippen molar-refractivity contribution in [2.75, 3.05) is 6.54 Å². The van der Waals surface area contributed by atoms with Crippen LogP contribution in [-0.2, 0) is 13.0 Å². The van der Waals surface area contributed by atoms with Crippen molar-refractivity contribution in [3.05, 3.63) is 37.9 Å². The van der Waals surface area contributed by atoms with Gasteiger partial charge in [-0.15, -0.1) is 22.7 Å². The second-order valence-corrected chi connectivity index (χ2v) is 5.87. The average molecular weight is 259 g/mol. The number of rotatable bonds is 5. The van der Waals surface area contributed by atoms with Crippen molar-refractivity contribution in [2.45, 2.75) is 13.0 Å². The summed E-state index contributed by atoms with van der Waals surface area (Å²) in [6.45, 7) is 1.89. The topological polar surface area (TPSA) is 24.9 Å². The van der Waals surface area contributed by atoms with Crippen molar-refractivity contribution in [3.63, 3.8) is 0 Å². The van der Waals surface area contributed by atoms with Crippen molar-refractivity contribution in [2.24, 2.45) is 0 Å². The molecule has 2 nitrogen and oxygen atoms in total. The lowest BCUT2D eigenvalue weighted by Gasteiger charge is -2.00. The molecule has 0 aliphatic heterocycles. The Morgan fingerprint density at radius 3 is 2.93 bits per heavy atom. The number of aromatic nitrogens is 1. The maximum absolute atomic E-state index is 5.85. The Morgan fingerprint density at radius 2 is 2.27 bits per heavy atom. The van der Waals surface area contributed by atoms with E-state index in [1.807, 2.05) is 17.8 Å². The van der Waals surface area contributed by atoms with E-state index in [-0.39, 0.29) is 0 Å². The molecular weight excluding hydrogens is 248 g/mol. The quantitative estimate of drug-likeness (QED) is 0.834.